The van der Waals surface area contributed by atoms with Gasteiger partial charge in [-0.05, 0) is 55.7 Å². The van der Waals surface area contributed by atoms with Gasteiger partial charge in [-0.15, -0.1) is 11.3 Å². The van der Waals surface area contributed by atoms with Crippen molar-refractivity contribution >= 4 is 11.3 Å². The molecule has 0 fully saturated rings. The Morgan fingerprint density at radius 2 is 1.65 bits per heavy atom. The fourth-order valence-electron chi connectivity index (χ4n) is 3.44. The van der Waals surface area contributed by atoms with Gasteiger partial charge in [0, 0.05) is 10.3 Å². The largest absolute Gasteiger partial charge is 0.508 e. The molecule has 0 bridgehead atoms. The van der Waals surface area contributed by atoms with Crippen LogP contribution in [0.4, 0.5) is 0 Å². The summed E-state index contributed by atoms with van der Waals surface area (Å²) in [7, 11) is 0. The molecule has 1 unspecified atom stereocenters. The van der Waals surface area contributed by atoms with Gasteiger partial charge in [-0.3, -0.25) is 0 Å². The molecule has 1 heterocycles. The van der Waals surface area contributed by atoms with Gasteiger partial charge in [0.25, 0.3) is 0 Å². The van der Waals surface area contributed by atoms with Crippen LogP contribution in [-0.2, 0) is 11.8 Å². The van der Waals surface area contributed by atoms with Crippen molar-refractivity contribution in [2.45, 2.75) is 78.7 Å². The predicted octanol–water partition coefficient (Wildman–Crippen LogP) is 5.60. The van der Waals surface area contributed by atoms with Crippen molar-refractivity contribution in [2.75, 3.05) is 0 Å². The number of benzene rings is 1. The quantitative estimate of drug-likeness (QED) is 0.662. The summed E-state index contributed by atoms with van der Waals surface area (Å²) in [6, 6.07) is 7.55. The first-order valence-electron chi connectivity index (χ1n) is 9.58. The van der Waals surface area contributed by atoms with Crippen LogP contribution in [0.1, 0.15) is 75.0 Å². The monoisotopic (exact) mass is 375 g/mol. The summed E-state index contributed by atoms with van der Waals surface area (Å²) in [4.78, 5) is 6.26. The van der Waals surface area contributed by atoms with Crippen molar-refractivity contribution in [2.24, 2.45) is 5.41 Å². The van der Waals surface area contributed by atoms with E-state index in [1.807, 2.05) is 12.1 Å². The van der Waals surface area contributed by atoms with Gasteiger partial charge in [0.2, 0.25) is 0 Å². The van der Waals surface area contributed by atoms with Crippen LogP contribution in [0.2, 0.25) is 0 Å². The molecule has 0 aliphatic heterocycles. The minimum atomic E-state index is -0.328. The number of phenolic OH excluding ortho intramolecular Hbond substituents is 1. The molecule has 0 spiro atoms. The second-order valence-corrected chi connectivity index (χ2v) is 9.48. The number of rotatable bonds is 7. The minimum absolute atomic E-state index is 0.102. The van der Waals surface area contributed by atoms with Crippen LogP contribution in [0, 0.1) is 12.3 Å². The molecule has 0 amide bonds. The molecule has 2 aromatic rings. The number of hydrogen-bond acceptors (Lipinski definition) is 4. The number of aromatic nitrogens is 1. The molecule has 1 aromatic heterocycles. The van der Waals surface area contributed by atoms with E-state index in [0.29, 0.717) is 5.75 Å². The molecule has 2 rings (SSSR count). The molecule has 0 radical (unpaired) electrons. The minimum Gasteiger partial charge on any atom is -0.508 e. The predicted molar refractivity (Wildman–Crippen MR) is 110 cm³/mol. The van der Waals surface area contributed by atoms with E-state index < -0.39 is 0 Å². The van der Waals surface area contributed by atoms with Gasteiger partial charge in [0.15, 0.2) is 0 Å². The molecule has 0 aliphatic rings. The Kier molecular flexibility index (Phi) is 6.51. The van der Waals surface area contributed by atoms with Gasteiger partial charge in [-0.25, -0.2) is 4.98 Å². The Morgan fingerprint density at radius 1 is 1.08 bits per heavy atom. The highest BCUT2D eigenvalue weighted by Gasteiger charge is 2.34. The lowest BCUT2D eigenvalue weighted by molar-refractivity contribution is 0.0558. The Hall–Kier alpha value is -1.39. The lowest BCUT2D eigenvalue weighted by Crippen LogP contribution is -2.27. The van der Waals surface area contributed by atoms with Crippen LogP contribution in [0.25, 0.3) is 0 Å². The normalized spacial score (nSPS) is 13.8. The van der Waals surface area contributed by atoms with E-state index in [-0.39, 0.29) is 16.9 Å². The van der Waals surface area contributed by atoms with Crippen LogP contribution in [-0.4, -0.2) is 21.3 Å². The number of aryl methyl sites for hydroxylation is 2. The Balaban J connectivity index is 2.32. The van der Waals surface area contributed by atoms with E-state index in [1.54, 1.807) is 23.5 Å². The van der Waals surface area contributed by atoms with Crippen LogP contribution >= 0.6 is 11.3 Å². The molecule has 0 saturated carbocycles. The smallest absolute Gasteiger partial charge is 0.115 e. The number of phenols is 1. The highest BCUT2D eigenvalue weighted by Crippen LogP contribution is 2.42. The molecule has 26 heavy (non-hydrogen) atoms. The van der Waals surface area contributed by atoms with Gasteiger partial charge >= 0.3 is 0 Å². The maximum Gasteiger partial charge on any atom is 0.115 e. The van der Waals surface area contributed by atoms with Crippen LogP contribution < -0.4 is 0 Å². The van der Waals surface area contributed by atoms with E-state index in [0.717, 1.165) is 36.4 Å². The molecule has 144 valence electrons. The SMILES string of the molecule is CCC(CC)(c1ccc(O)cc1)c1nc(CCC(O)C(C)(C)C)c(C)s1. The summed E-state index contributed by atoms with van der Waals surface area (Å²) in [6.45, 7) is 12.8. The Labute approximate surface area is 162 Å². The van der Waals surface area contributed by atoms with Crippen molar-refractivity contribution in [3.8, 4) is 5.75 Å². The maximum absolute atomic E-state index is 10.4. The summed E-state index contributed by atoms with van der Waals surface area (Å²) >= 11 is 1.77. The van der Waals surface area contributed by atoms with E-state index in [1.165, 1.54) is 10.4 Å². The van der Waals surface area contributed by atoms with Crippen molar-refractivity contribution in [3.63, 3.8) is 0 Å². The lowest BCUT2D eigenvalue weighted by Gasteiger charge is -2.30. The fraction of sp³-hybridized carbons (Fsp3) is 0.591. The summed E-state index contributed by atoms with van der Waals surface area (Å²) < 4.78 is 0. The standard InChI is InChI=1S/C22H33NO2S/c1-7-22(8-2,16-9-11-17(24)12-10-16)20-23-18(15(3)26-20)13-14-19(25)21(4,5)6/h9-12,19,24-25H,7-8,13-14H2,1-6H3. The van der Waals surface area contributed by atoms with Crippen LogP contribution in [0.5, 0.6) is 5.75 Å². The van der Waals surface area contributed by atoms with Crippen molar-refractivity contribution in [1.82, 2.24) is 4.98 Å². The molecular weight excluding hydrogens is 342 g/mol. The molecule has 2 N–H and O–H groups in total. The van der Waals surface area contributed by atoms with Gasteiger partial charge in [-0.2, -0.15) is 0 Å². The zero-order chi connectivity index (χ0) is 19.5. The van der Waals surface area contributed by atoms with Crippen molar-refractivity contribution in [1.29, 1.82) is 0 Å². The maximum atomic E-state index is 10.4. The van der Waals surface area contributed by atoms with Crippen LogP contribution in [0.15, 0.2) is 24.3 Å². The summed E-state index contributed by atoms with van der Waals surface area (Å²) in [5.74, 6) is 0.294. The Morgan fingerprint density at radius 3 is 2.15 bits per heavy atom. The average Bonchev–Trinajstić information content (AvgIpc) is 2.96. The van der Waals surface area contributed by atoms with Gasteiger partial charge < -0.3 is 10.2 Å². The molecule has 1 aromatic carbocycles. The summed E-state index contributed by atoms with van der Waals surface area (Å²) in [5.41, 5.74) is 2.09. The third kappa shape index (κ3) is 4.29. The van der Waals surface area contributed by atoms with Gasteiger partial charge in [0.05, 0.1) is 11.8 Å². The van der Waals surface area contributed by atoms with E-state index >= 15 is 0 Å². The van der Waals surface area contributed by atoms with E-state index in [4.69, 9.17) is 4.98 Å². The molecule has 0 saturated heterocycles. The third-order valence-corrected chi connectivity index (χ3v) is 6.80. The number of hydrogen-bond donors (Lipinski definition) is 2. The lowest BCUT2D eigenvalue weighted by atomic mass is 9.76. The molecule has 4 heteroatoms. The van der Waals surface area contributed by atoms with E-state index in [2.05, 4.69) is 41.5 Å². The highest BCUT2D eigenvalue weighted by atomic mass is 32.1. The number of thiazole rings is 1. The first-order valence-corrected chi connectivity index (χ1v) is 10.4. The summed E-state index contributed by atoms with van der Waals surface area (Å²) in [5, 5.41) is 21.1. The Bertz CT molecular complexity index is 709. The number of nitrogens with zero attached hydrogens (tertiary/aromatic N) is 1. The molecule has 3 nitrogen and oxygen atoms in total. The zero-order valence-corrected chi connectivity index (χ0v) is 17.8. The topological polar surface area (TPSA) is 53.4 Å². The average molecular weight is 376 g/mol. The van der Waals surface area contributed by atoms with Crippen molar-refractivity contribution in [3.05, 3.63) is 45.4 Å². The first-order chi connectivity index (χ1) is 12.1. The van der Waals surface area contributed by atoms with Crippen LogP contribution in [0.3, 0.4) is 0 Å². The third-order valence-electron chi connectivity index (χ3n) is 5.58. The van der Waals surface area contributed by atoms with Gasteiger partial charge in [-0.1, -0.05) is 46.8 Å². The van der Waals surface area contributed by atoms with Crippen molar-refractivity contribution < 1.29 is 10.2 Å². The number of aromatic hydroxyl groups is 1. The number of aliphatic hydroxyl groups excluding tert-OH is 1. The second-order valence-electron chi connectivity index (χ2n) is 8.28. The summed E-state index contributed by atoms with van der Waals surface area (Å²) in [6.07, 6.45) is 3.14. The fourth-order valence-corrected chi connectivity index (χ4v) is 4.75. The molecular formula is C22H33NO2S. The molecule has 0 aliphatic carbocycles. The molecule has 1 atom stereocenters. The van der Waals surface area contributed by atoms with Gasteiger partial charge in [0.1, 0.15) is 10.8 Å². The zero-order valence-electron chi connectivity index (χ0n) is 17.0. The second kappa shape index (κ2) is 8.10. The first kappa shape index (κ1) is 20.9. The van der Waals surface area contributed by atoms with E-state index in [9.17, 15) is 10.2 Å². The highest BCUT2D eigenvalue weighted by molar-refractivity contribution is 7.11. The number of aliphatic hydroxyl groups is 1.